The molecule has 108 valence electrons. The van der Waals surface area contributed by atoms with Crippen LogP contribution in [0.5, 0.6) is 0 Å². The van der Waals surface area contributed by atoms with Crippen molar-refractivity contribution >= 4 is 15.7 Å². The van der Waals surface area contributed by atoms with Gasteiger partial charge in [-0.1, -0.05) is 6.07 Å². The van der Waals surface area contributed by atoms with E-state index in [2.05, 4.69) is 5.10 Å². The Morgan fingerprint density at radius 3 is 2.40 bits per heavy atom. The van der Waals surface area contributed by atoms with Crippen LogP contribution in [-0.2, 0) is 10.0 Å². The van der Waals surface area contributed by atoms with Crippen molar-refractivity contribution in [2.75, 3.05) is 19.8 Å². The summed E-state index contributed by atoms with van der Waals surface area (Å²) in [6, 6.07) is 6.83. The Morgan fingerprint density at radius 2 is 1.90 bits per heavy atom. The van der Waals surface area contributed by atoms with Crippen LogP contribution in [-0.4, -0.2) is 36.6 Å². The summed E-state index contributed by atoms with van der Waals surface area (Å²) in [5, 5.41) is 4.34. The monoisotopic (exact) mass is 294 g/mol. The number of aryl methyl sites for hydroxylation is 2. The molecule has 0 radical (unpaired) electrons. The number of rotatable bonds is 3. The highest BCUT2D eigenvalue weighted by Gasteiger charge is 2.22. The van der Waals surface area contributed by atoms with Gasteiger partial charge in [-0.2, -0.15) is 5.10 Å². The van der Waals surface area contributed by atoms with E-state index in [1.807, 2.05) is 19.9 Å². The molecule has 0 aliphatic rings. The SMILES string of the molecule is Cc1cc(C)n(-c2cccc(S(=O)(=O)N(C)C)c2N)n1. The average molecular weight is 294 g/mol. The molecule has 1 aromatic carbocycles. The zero-order chi connectivity index (χ0) is 15.1. The van der Waals surface area contributed by atoms with E-state index in [-0.39, 0.29) is 10.6 Å². The van der Waals surface area contributed by atoms with Gasteiger partial charge in [-0.25, -0.2) is 17.4 Å². The molecule has 1 aromatic heterocycles. The van der Waals surface area contributed by atoms with E-state index < -0.39 is 10.0 Å². The largest absolute Gasteiger partial charge is 0.396 e. The van der Waals surface area contributed by atoms with Crippen molar-refractivity contribution in [2.24, 2.45) is 0 Å². The minimum absolute atomic E-state index is 0.0903. The summed E-state index contributed by atoms with van der Waals surface area (Å²) in [6.07, 6.45) is 0. The molecule has 0 amide bonds. The zero-order valence-corrected chi connectivity index (χ0v) is 12.8. The maximum Gasteiger partial charge on any atom is 0.244 e. The molecule has 0 aliphatic heterocycles. The number of hydrogen-bond acceptors (Lipinski definition) is 4. The van der Waals surface area contributed by atoms with Crippen molar-refractivity contribution in [3.63, 3.8) is 0 Å². The van der Waals surface area contributed by atoms with E-state index in [0.29, 0.717) is 5.69 Å². The van der Waals surface area contributed by atoms with Gasteiger partial charge in [0.05, 0.1) is 17.1 Å². The van der Waals surface area contributed by atoms with Gasteiger partial charge in [0.1, 0.15) is 4.90 Å². The molecule has 0 saturated heterocycles. The first-order valence-electron chi connectivity index (χ1n) is 6.10. The molecule has 0 saturated carbocycles. The normalized spacial score (nSPS) is 12.1. The van der Waals surface area contributed by atoms with Crippen LogP contribution in [0.1, 0.15) is 11.4 Å². The number of hydrogen-bond donors (Lipinski definition) is 1. The van der Waals surface area contributed by atoms with E-state index in [9.17, 15) is 8.42 Å². The van der Waals surface area contributed by atoms with Gasteiger partial charge in [-0.15, -0.1) is 0 Å². The van der Waals surface area contributed by atoms with E-state index in [1.165, 1.54) is 20.2 Å². The Bertz CT molecular complexity index is 748. The zero-order valence-electron chi connectivity index (χ0n) is 12.0. The maximum absolute atomic E-state index is 12.2. The second kappa shape index (κ2) is 4.92. The molecule has 0 bridgehead atoms. The molecule has 0 unspecified atom stereocenters. The summed E-state index contributed by atoms with van der Waals surface area (Å²) in [7, 11) is -0.623. The first-order chi connectivity index (χ1) is 9.25. The lowest BCUT2D eigenvalue weighted by atomic mass is 10.2. The van der Waals surface area contributed by atoms with Crippen molar-refractivity contribution in [2.45, 2.75) is 18.7 Å². The average Bonchev–Trinajstić information content (AvgIpc) is 2.68. The summed E-state index contributed by atoms with van der Waals surface area (Å²) in [5.74, 6) is 0. The topological polar surface area (TPSA) is 81.2 Å². The Balaban J connectivity index is 2.68. The van der Waals surface area contributed by atoms with Crippen LogP contribution in [0.25, 0.3) is 5.69 Å². The summed E-state index contributed by atoms with van der Waals surface area (Å²) in [5.41, 5.74) is 8.57. The molecule has 2 rings (SSSR count). The number of para-hydroxylation sites is 1. The lowest BCUT2D eigenvalue weighted by Gasteiger charge is -2.16. The fourth-order valence-electron chi connectivity index (χ4n) is 2.01. The number of nitrogen functional groups attached to an aromatic ring is 1. The second-order valence-electron chi connectivity index (χ2n) is 4.82. The Hall–Kier alpha value is -1.86. The van der Waals surface area contributed by atoms with Crippen LogP contribution in [0.2, 0.25) is 0 Å². The van der Waals surface area contributed by atoms with Gasteiger partial charge in [-0.3, -0.25) is 0 Å². The predicted molar refractivity (Wildman–Crippen MR) is 78.3 cm³/mol. The fraction of sp³-hybridized carbons (Fsp3) is 0.308. The molecule has 6 nitrogen and oxygen atoms in total. The third-order valence-electron chi connectivity index (χ3n) is 3.04. The van der Waals surface area contributed by atoms with Gasteiger partial charge in [-0.05, 0) is 32.0 Å². The van der Waals surface area contributed by atoms with Crippen molar-refractivity contribution in [3.8, 4) is 5.69 Å². The van der Waals surface area contributed by atoms with E-state index >= 15 is 0 Å². The van der Waals surface area contributed by atoms with Gasteiger partial charge < -0.3 is 5.73 Å². The van der Waals surface area contributed by atoms with Crippen LogP contribution >= 0.6 is 0 Å². The standard InChI is InChI=1S/C13H18N4O2S/c1-9-8-10(2)17(15-9)11-6-5-7-12(13(11)14)20(18,19)16(3)4/h5-8H,14H2,1-4H3. The van der Waals surface area contributed by atoms with Crippen LogP contribution in [0, 0.1) is 13.8 Å². The Morgan fingerprint density at radius 1 is 1.25 bits per heavy atom. The number of anilines is 1. The molecular weight excluding hydrogens is 276 g/mol. The minimum Gasteiger partial charge on any atom is -0.396 e. The Kier molecular flexibility index (Phi) is 3.58. The van der Waals surface area contributed by atoms with E-state index in [1.54, 1.807) is 16.8 Å². The van der Waals surface area contributed by atoms with Gasteiger partial charge in [0.2, 0.25) is 10.0 Å². The van der Waals surface area contributed by atoms with E-state index in [4.69, 9.17) is 5.73 Å². The van der Waals surface area contributed by atoms with Crippen molar-refractivity contribution < 1.29 is 8.42 Å². The summed E-state index contributed by atoms with van der Waals surface area (Å²) in [6.45, 7) is 3.77. The third kappa shape index (κ3) is 2.30. The smallest absolute Gasteiger partial charge is 0.244 e. The number of benzene rings is 1. The molecular formula is C13H18N4O2S. The number of nitrogens with two attached hydrogens (primary N) is 1. The van der Waals surface area contributed by atoms with Gasteiger partial charge in [0.25, 0.3) is 0 Å². The summed E-state index contributed by atoms with van der Waals surface area (Å²) in [4.78, 5) is 0.0903. The Labute approximate surface area is 118 Å². The highest BCUT2D eigenvalue weighted by Crippen LogP contribution is 2.27. The third-order valence-corrected chi connectivity index (χ3v) is 4.91. The first-order valence-corrected chi connectivity index (χ1v) is 7.54. The second-order valence-corrected chi connectivity index (χ2v) is 6.94. The van der Waals surface area contributed by atoms with Crippen molar-refractivity contribution in [3.05, 3.63) is 35.7 Å². The highest BCUT2D eigenvalue weighted by atomic mass is 32.2. The highest BCUT2D eigenvalue weighted by molar-refractivity contribution is 7.89. The molecule has 1 heterocycles. The summed E-state index contributed by atoms with van der Waals surface area (Å²) >= 11 is 0. The molecule has 0 atom stereocenters. The lowest BCUT2D eigenvalue weighted by Crippen LogP contribution is -2.23. The van der Waals surface area contributed by atoms with Gasteiger partial charge in [0.15, 0.2) is 0 Å². The van der Waals surface area contributed by atoms with Crippen LogP contribution in [0.3, 0.4) is 0 Å². The quantitative estimate of drug-likeness (QED) is 0.866. The molecule has 7 heteroatoms. The van der Waals surface area contributed by atoms with Crippen LogP contribution in [0.15, 0.2) is 29.2 Å². The first kappa shape index (κ1) is 14.5. The van der Waals surface area contributed by atoms with Crippen molar-refractivity contribution in [1.29, 1.82) is 0 Å². The van der Waals surface area contributed by atoms with E-state index in [0.717, 1.165) is 15.7 Å². The molecule has 2 N–H and O–H groups in total. The molecule has 20 heavy (non-hydrogen) atoms. The molecule has 0 aliphatic carbocycles. The molecule has 0 spiro atoms. The molecule has 2 aromatic rings. The van der Waals surface area contributed by atoms with Gasteiger partial charge >= 0.3 is 0 Å². The number of sulfonamides is 1. The predicted octanol–water partition coefficient (Wildman–Crippen LogP) is 1.32. The van der Waals surface area contributed by atoms with Crippen LogP contribution < -0.4 is 5.73 Å². The fourth-order valence-corrected chi connectivity index (χ4v) is 3.04. The molecule has 0 fully saturated rings. The number of aromatic nitrogens is 2. The van der Waals surface area contributed by atoms with Gasteiger partial charge in [0, 0.05) is 19.8 Å². The minimum atomic E-state index is -3.58. The van der Waals surface area contributed by atoms with Crippen LogP contribution in [0.4, 0.5) is 5.69 Å². The summed E-state index contributed by atoms with van der Waals surface area (Å²) < 4.78 is 27.3. The maximum atomic E-state index is 12.2. The van der Waals surface area contributed by atoms with Crippen molar-refractivity contribution in [1.82, 2.24) is 14.1 Å². The number of nitrogens with zero attached hydrogens (tertiary/aromatic N) is 3. The lowest BCUT2D eigenvalue weighted by molar-refractivity contribution is 0.521.